The van der Waals surface area contributed by atoms with Gasteiger partial charge in [-0.2, -0.15) is 0 Å². The Morgan fingerprint density at radius 3 is 2.73 bits per heavy atom. The van der Waals surface area contributed by atoms with Gasteiger partial charge < -0.3 is 10.1 Å². The van der Waals surface area contributed by atoms with Crippen LogP contribution in [0.4, 0.5) is 4.79 Å². The highest BCUT2D eigenvalue weighted by atomic mass is 79.9. The Labute approximate surface area is 95.9 Å². The number of amides is 1. The summed E-state index contributed by atoms with van der Waals surface area (Å²) in [6, 6.07) is 0. The number of carbonyl (C=O) groups excluding carboxylic acids is 1. The first kappa shape index (κ1) is 12.0. The summed E-state index contributed by atoms with van der Waals surface area (Å²) in [5.41, 5.74) is -0.494. The van der Waals surface area contributed by atoms with E-state index >= 15 is 0 Å². The predicted molar refractivity (Wildman–Crippen MR) is 57.2 cm³/mol. The van der Waals surface area contributed by atoms with E-state index in [1.54, 1.807) is 20.8 Å². The van der Waals surface area contributed by atoms with Gasteiger partial charge in [-0.05, 0) is 36.7 Å². The molecule has 0 spiro atoms. The Morgan fingerprint density at radius 2 is 2.27 bits per heavy atom. The SMILES string of the molecule is CC(C)(C)OC(=O)NCc1nc(Br)n[nH]1. The molecule has 0 saturated heterocycles. The minimum atomic E-state index is -0.494. The molecule has 2 N–H and O–H groups in total. The van der Waals surface area contributed by atoms with Crippen molar-refractivity contribution in [3.63, 3.8) is 0 Å². The number of aromatic amines is 1. The first-order valence-electron chi connectivity index (χ1n) is 4.40. The summed E-state index contributed by atoms with van der Waals surface area (Å²) in [5.74, 6) is 0.563. The van der Waals surface area contributed by atoms with Crippen LogP contribution in [-0.4, -0.2) is 26.9 Å². The minimum Gasteiger partial charge on any atom is -0.444 e. The third kappa shape index (κ3) is 4.78. The van der Waals surface area contributed by atoms with E-state index in [0.717, 1.165) is 0 Å². The molecule has 15 heavy (non-hydrogen) atoms. The molecule has 0 aliphatic rings. The number of hydrogen-bond donors (Lipinski definition) is 2. The molecule has 0 saturated carbocycles. The van der Waals surface area contributed by atoms with Crippen LogP contribution in [0, 0.1) is 0 Å². The van der Waals surface area contributed by atoms with E-state index in [4.69, 9.17) is 4.74 Å². The smallest absolute Gasteiger partial charge is 0.408 e. The Balaban J connectivity index is 2.35. The fourth-order valence-electron chi connectivity index (χ4n) is 0.821. The zero-order valence-electron chi connectivity index (χ0n) is 8.80. The second-order valence-corrected chi connectivity index (χ2v) is 4.62. The number of halogens is 1. The largest absolute Gasteiger partial charge is 0.444 e. The molecule has 0 unspecified atom stereocenters. The topological polar surface area (TPSA) is 79.9 Å². The number of alkyl carbamates (subject to hydrolysis) is 1. The summed E-state index contributed by atoms with van der Waals surface area (Å²) >= 11 is 3.09. The molecule has 0 bridgehead atoms. The molecule has 0 aliphatic heterocycles. The minimum absolute atomic E-state index is 0.257. The van der Waals surface area contributed by atoms with Gasteiger partial charge in [-0.3, -0.25) is 5.10 Å². The van der Waals surface area contributed by atoms with Crippen molar-refractivity contribution in [3.05, 3.63) is 10.6 Å². The number of hydrogen-bond acceptors (Lipinski definition) is 4. The zero-order chi connectivity index (χ0) is 11.5. The molecule has 1 rings (SSSR count). The Kier molecular flexibility index (Phi) is 3.67. The lowest BCUT2D eigenvalue weighted by atomic mass is 10.2. The number of H-pyrrole nitrogens is 1. The number of nitrogens with one attached hydrogen (secondary N) is 2. The maximum atomic E-state index is 11.2. The standard InChI is InChI=1S/C8H13BrN4O2/c1-8(2,3)15-7(14)10-4-5-11-6(9)13-12-5/h4H2,1-3H3,(H,10,14)(H,11,12,13). The van der Waals surface area contributed by atoms with Crippen LogP contribution in [0.3, 0.4) is 0 Å². The van der Waals surface area contributed by atoms with Crippen molar-refractivity contribution in [1.29, 1.82) is 0 Å². The van der Waals surface area contributed by atoms with Crippen molar-refractivity contribution in [1.82, 2.24) is 20.5 Å². The maximum Gasteiger partial charge on any atom is 0.408 e. The molecule has 0 fully saturated rings. The molecule has 1 heterocycles. The monoisotopic (exact) mass is 276 g/mol. The predicted octanol–water partition coefficient (Wildman–Crippen LogP) is 1.59. The quantitative estimate of drug-likeness (QED) is 0.860. The molecule has 0 radical (unpaired) electrons. The van der Waals surface area contributed by atoms with Crippen LogP contribution in [0.2, 0.25) is 0 Å². The lowest BCUT2D eigenvalue weighted by Crippen LogP contribution is -2.32. The maximum absolute atomic E-state index is 11.2. The molecule has 0 atom stereocenters. The van der Waals surface area contributed by atoms with E-state index in [-0.39, 0.29) is 6.54 Å². The van der Waals surface area contributed by atoms with Gasteiger partial charge in [0, 0.05) is 0 Å². The van der Waals surface area contributed by atoms with Gasteiger partial charge in [-0.15, -0.1) is 5.10 Å². The van der Waals surface area contributed by atoms with E-state index < -0.39 is 11.7 Å². The lowest BCUT2D eigenvalue weighted by Gasteiger charge is -2.19. The van der Waals surface area contributed by atoms with Gasteiger partial charge >= 0.3 is 6.09 Å². The van der Waals surface area contributed by atoms with Crippen molar-refractivity contribution >= 4 is 22.0 Å². The average Bonchev–Trinajstić information content (AvgIpc) is 2.45. The lowest BCUT2D eigenvalue weighted by molar-refractivity contribution is 0.0522. The number of carbonyl (C=O) groups is 1. The summed E-state index contributed by atoms with van der Waals surface area (Å²) in [6.45, 7) is 5.67. The van der Waals surface area contributed by atoms with Crippen molar-refractivity contribution in [2.24, 2.45) is 0 Å². The zero-order valence-corrected chi connectivity index (χ0v) is 10.4. The first-order chi connectivity index (χ1) is 6.87. The molecule has 1 amide bonds. The summed E-state index contributed by atoms with van der Waals surface area (Å²) in [7, 11) is 0. The molecule has 6 nitrogen and oxygen atoms in total. The van der Waals surface area contributed by atoms with Gasteiger partial charge in [0.1, 0.15) is 11.4 Å². The highest BCUT2D eigenvalue weighted by Gasteiger charge is 2.15. The molecule has 0 aliphatic carbocycles. The summed E-state index contributed by atoms with van der Waals surface area (Å²) in [4.78, 5) is 15.2. The Morgan fingerprint density at radius 1 is 1.60 bits per heavy atom. The van der Waals surface area contributed by atoms with Crippen molar-refractivity contribution in [2.75, 3.05) is 0 Å². The van der Waals surface area contributed by atoms with Gasteiger partial charge in [0.25, 0.3) is 0 Å². The fraction of sp³-hybridized carbons (Fsp3) is 0.625. The first-order valence-corrected chi connectivity index (χ1v) is 5.20. The van der Waals surface area contributed by atoms with Gasteiger partial charge in [0.05, 0.1) is 6.54 Å². The van der Waals surface area contributed by atoms with E-state index in [2.05, 4.69) is 36.4 Å². The highest BCUT2D eigenvalue weighted by Crippen LogP contribution is 2.06. The molecular weight excluding hydrogens is 264 g/mol. The summed E-state index contributed by atoms with van der Waals surface area (Å²) < 4.78 is 5.50. The van der Waals surface area contributed by atoms with Crippen LogP contribution in [0.1, 0.15) is 26.6 Å². The van der Waals surface area contributed by atoms with E-state index in [1.807, 2.05) is 0 Å². The number of rotatable bonds is 2. The van der Waals surface area contributed by atoms with Crippen molar-refractivity contribution in [2.45, 2.75) is 32.9 Å². The van der Waals surface area contributed by atoms with Crippen LogP contribution in [0.5, 0.6) is 0 Å². The van der Waals surface area contributed by atoms with Gasteiger partial charge in [-0.25, -0.2) is 9.78 Å². The van der Waals surface area contributed by atoms with Crippen molar-refractivity contribution in [3.8, 4) is 0 Å². The second kappa shape index (κ2) is 4.61. The third-order valence-corrected chi connectivity index (χ3v) is 1.66. The van der Waals surface area contributed by atoms with Crippen LogP contribution in [0.25, 0.3) is 0 Å². The van der Waals surface area contributed by atoms with Crippen LogP contribution in [0.15, 0.2) is 4.73 Å². The number of nitrogens with zero attached hydrogens (tertiary/aromatic N) is 2. The molecular formula is C8H13BrN4O2. The van der Waals surface area contributed by atoms with Gasteiger partial charge in [-0.1, -0.05) is 0 Å². The molecule has 7 heteroatoms. The third-order valence-electron chi connectivity index (χ3n) is 1.30. The molecule has 84 valence electrons. The Hall–Kier alpha value is -1.11. The van der Waals surface area contributed by atoms with Gasteiger partial charge in [0.15, 0.2) is 0 Å². The van der Waals surface area contributed by atoms with Gasteiger partial charge in [0.2, 0.25) is 4.73 Å². The number of ether oxygens (including phenoxy) is 1. The van der Waals surface area contributed by atoms with E-state index in [9.17, 15) is 4.79 Å². The van der Waals surface area contributed by atoms with Crippen molar-refractivity contribution < 1.29 is 9.53 Å². The molecule has 0 aromatic carbocycles. The number of aromatic nitrogens is 3. The van der Waals surface area contributed by atoms with Crippen LogP contribution in [-0.2, 0) is 11.3 Å². The summed E-state index contributed by atoms with van der Waals surface area (Å²) in [6.07, 6.45) is -0.477. The highest BCUT2D eigenvalue weighted by molar-refractivity contribution is 9.10. The molecule has 1 aromatic heterocycles. The normalized spacial score (nSPS) is 11.2. The fourth-order valence-corrected chi connectivity index (χ4v) is 1.12. The second-order valence-electron chi connectivity index (χ2n) is 3.91. The van der Waals surface area contributed by atoms with E-state index in [0.29, 0.717) is 10.6 Å². The van der Waals surface area contributed by atoms with Crippen LogP contribution < -0.4 is 5.32 Å². The van der Waals surface area contributed by atoms with Crippen LogP contribution >= 0.6 is 15.9 Å². The van der Waals surface area contributed by atoms with E-state index in [1.165, 1.54) is 0 Å². The average molecular weight is 277 g/mol. The summed E-state index contributed by atoms with van der Waals surface area (Å²) in [5, 5.41) is 8.96. The molecule has 1 aromatic rings. The Bertz CT molecular complexity index is 345.